The first kappa shape index (κ1) is 30.0. The highest BCUT2D eigenvalue weighted by Crippen LogP contribution is 2.13. The summed E-state index contributed by atoms with van der Waals surface area (Å²) in [6.07, 6.45) is 1.30. The highest BCUT2D eigenvalue weighted by molar-refractivity contribution is 6.61. The molecular formula is C24H35ClN2O6. The molecule has 0 radical (unpaired) electrons. The standard InChI is InChI=1S/C12H17NO3.C9H13NO.C3H5ClO2/c1-3-16-12(14)13-8-7-10-5-4-6-11(9-10)15-2;1-11-9-4-2-3-8(7-9)5-6-10;1-2-6-3(4)5/h4-6,9H,3,7-8H2,1-2H3,(H,13,14);2-4,7H,5-6,10H2,1H3;2H2,1H3. The predicted octanol–water partition coefficient (Wildman–Crippen LogP) is 4.56. The topological polar surface area (TPSA) is 109 Å². The van der Waals surface area contributed by atoms with Gasteiger partial charge in [-0.1, -0.05) is 24.3 Å². The third-order valence-corrected chi connectivity index (χ3v) is 4.03. The Kier molecular flexibility index (Phi) is 17.9. The zero-order valence-corrected chi connectivity index (χ0v) is 20.5. The molecule has 0 saturated heterocycles. The molecule has 2 aromatic carbocycles. The van der Waals surface area contributed by atoms with Gasteiger partial charge in [-0.15, -0.1) is 0 Å². The Morgan fingerprint density at radius 1 is 0.879 bits per heavy atom. The van der Waals surface area contributed by atoms with Crippen LogP contribution in [-0.4, -0.2) is 52.0 Å². The van der Waals surface area contributed by atoms with Crippen LogP contribution in [0.1, 0.15) is 25.0 Å². The lowest BCUT2D eigenvalue weighted by molar-refractivity contribution is 0.152. The van der Waals surface area contributed by atoms with E-state index in [0.29, 0.717) is 26.3 Å². The maximum atomic E-state index is 11.0. The zero-order chi connectivity index (χ0) is 24.9. The lowest BCUT2D eigenvalue weighted by Crippen LogP contribution is -2.26. The Morgan fingerprint density at radius 2 is 1.39 bits per heavy atom. The molecule has 0 aromatic heterocycles. The second-order valence-electron chi connectivity index (χ2n) is 6.31. The molecule has 9 heteroatoms. The van der Waals surface area contributed by atoms with Gasteiger partial charge < -0.3 is 30.0 Å². The molecule has 0 aliphatic rings. The van der Waals surface area contributed by atoms with Crippen molar-refractivity contribution in [3.8, 4) is 11.5 Å². The zero-order valence-electron chi connectivity index (χ0n) is 19.8. The summed E-state index contributed by atoms with van der Waals surface area (Å²) in [5.41, 5.74) is 7.02. The minimum Gasteiger partial charge on any atom is -0.497 e. The summed E-state index contributed by atoms with van der Waals surface area (Å²) < 4.78 is 19.1. The highest BCUT2D eigenvalue weighted by atomic mass is 35.5. The fourth-order valence-corrected chi connectivity index (χ4v) is 2.54. The van der Waals surface area contributed by atoms with Crippen molar-refractivity contribution in [2.45, 2.75) is 26.7 Å². The monoisotopic (exact) mass is 482 g/mol. The molecule has 1 amide bonds. The number of benzene rings is 2. The van der Waals surface area contributed by atoms with Crippen molar-refractivity contribution in [1.82, 2.24) is 5.32 Å². The second-order valence-corrected chi connectivity index (χ2v) is 6.62. The quantitative estimate of drug-likeness (QED) is 0.504. The van der Waals surface area contributed by atoms with Crippen molar-refractivity contribution in [1.29, 1.82) is 0 Å². The number of carbonyl (C=O) groups excluding carboxylic acids is 2. The van der Waals surface area contributed by atoms with Gasteiger partial charge in [0.2, 0.25) is 0 Å². The van der Waals surface area contributed by atoms with Crippen LogP contribution in [0.4, 0.5) is 9.59 Å². The minimum absolute atomic E-state index is 0.350. The van der Waals surface area contributed by atoms with E-state index in [1.807, 2.05) is 42.5 Å². The Morgan fingerprint density at radius 3 is 1.79 bits per heavy atom. The molecule has 184 valence electrons. The number of amides is 1. The Hall–Kier alpha value is -2.97. The summed E-state index contributed by atoms with van der Waals surface area (Å²) in [4.78, 5) is 20.6. The molecule has 0 aliphatic carbocycles. The molecule has 3 N–H and O–H groups in total. The van der Waals surface area contributed by atoms with E-state index in [1.165, 1.54) is 5.56 Å². The summed E-state index contributed by atoms with van der Waals surface area (Å²) in [6, 6.07) is 15.7. The Bertz CT molecular complexity index is 804. The van der Waals surface area contributed by atoms with E-state index in [4.69, 9.17) is 31.5 Å². The lowest BCUT2D eigenvalue weighted by atomic mass is 10.1. The molecule has 0 aliphatic heterocycles. The third-order valence-electron chi connectivity index (χ3n) is 3.92. The molecule has 8 nitrogen and oxygen atoms in total. The second kappa shape index (κ2) is 19.7. The maximum Gasteiger partial charge on any atom is 0.407 e. The molecule has 0 bridgehead atoms. The molecule has 2 rings (SSSR count). The first-order valence-electron chi connectivity index (χ1n) is 10.6. The number of hydrogen-bond acceptors (Lipinski definition) is 7. The van der Waals surface area contributed by atoms with Crippen molar-refractivity contribution in [3.63, 3.8) is 0 Å². The fourth-order valence-electron chi connectivity index (χ4n) is 2.43. The van der Waals surface area contributed by atoms with Crippen LogP contribution < -0.4 is 20.5 Å². The lowest BCUT2D eigenvalue weighted by Gasteiger charge is -2.06. The first-order valence-corrected chi connectivity index (χ1v) is 11.0. The molecule has 0 atom stereocenters. The van der Waals surface area contributed by atoms with Crippen molar-refractivity contribution in [3.05, 3.63) is 59.7 Å². The Labute approximate surface area is 201 Å². The maximum absolute atomic E-state index is 11.0. The predicted molar refractivity (Wildman–Crippen MR) is 130 cm³/mol. The highest BCUT2D eigenvalue weighted by Gasteiger charge is 2.00. The van der Waals surface area contributed by atoms with Crippen LogP contribution in [0.2, 0.25) is 0 Å². The van der Waals surface area contributed by atoms with Crippen LogP contribution in [0.3, 0.4) is 0 Å². The largest absolute Gasteiger partial charge is 0.497 e. The van der Waals surface area contributed by atoms with Crippen LogP contribution in [-0.2, 0) is 22.3 Å². The third kappa shape index (κ3) is 16.3. The van der Waals surface area contributed by atoms with Crippen LogP contribution in [0.15, 0.2) is 48.5 Å². The SMILES string of the molecule is CCOC(=O)Cl.CCOC(=O)NCCc1cccc(OC)c1.COc1cccc(CCN)c1. The van der Waals surface area contributed by atoms with Crippen LogP contribution in [0.25, 0.3) is 0 Å². The van der Waals surface area contributed by atoms with E-state index >= 15 is 0 Å². The van der Waals surface area contributed by atoms with Gasteiger partial charge in [-0.2, -0.15) is 0 Å². The first-order chi connectivity index (χ1) is 15.9. The van der Waals surface area contributed by atoms with Gasteiger partial charge in [0, 0.05) is 18.1 Å². The normalized spacial score (nSPS) is 9.27. The number of alkyl carbamates (subject to hydrolysis) is 1. The summed E-state index contributed by atoms with van der Waals surface area (Å²) in [5.74, 6) is 1.73. The molecule has 0 saturated carbocycles. The molecule has 0 unspecified atom stereocenters. The minimum atomic E-state index is -0.738. The molecule has 0 heterocycles. The molecule has 0 fully saturated rings. The van der Waals surface area contributed by atoms with E-state index in [0.717, 1.165) is 29.9 Å². The van der Waals surface area contributed by atoms with E-state index in [1.54, 1.807) is 28.1 Å². The van der Waals surface area contributed by atoms with Gasteiger partial charge in [0.15, 0.2) is 0 Å². The van der Waals surface area contributed by atoms with Gasteiger partial charge in [-0.05, 0) is 68.6 Å². The summed E-state index contributed by atoms with van der Waals surface area (Å²) in [5, 5.41) is 2.67. The molecular weight excluding hydrogens is 448 g/mol. The Balaban J connectivity index is 0.000000520. The molecule has 33 heavy (non-hydrogen) atoms. The summed E-state index contributed by atoms with van der Waals surface area (Å²) in [7, 11) is 3.30. The van der Waals surface area contributed by atoms with Crippen LogP contribution in [0, 0.1) is 0 Å². The number of halogens is 1. The number of nitrogens with two attached hydrogens (primary N) is 1. The smallest absolute Gasteiger partial charge is 0.407 e. The van der Waals surface area contributed by atoms with Gasteiger partial charge in [-0.3, -0.25) is 0 Å². The average molecular weight is 483 g/mol. The number of ether oxygens (including phenoxy) is 4. The van der Waals surface area contributed by atoms with Crippen molar-refractivity contribution in [2.24, 2.45) is 5.73 Å². The van der Waals surface area contributed by atoms with Gasteiger partial charge in [-0.25, -0.2) is 9.59 Å². The van der Waals surface area contributed by atoms with Crippen molar-refractivity contribution in [2.75, 3.05) is 40.5 Å². The van der Waals surface area contributed by atoms with Crippen LogP contribution >= 0.6 is 11.6 Å². The number of rotatable bonds is 9. The van der Waals surface area contributed by atoms with Crippen molar-refractivity contribution >= 4 is 23.1 Å². The van der Waals surface area contributed by atoms with Gasteiger partial charge in [0.25, 0.3) is 0 Å². The van der Waals surface area contributed by atoms with Crippen LogP contribution in [0.5, 0.6) is 11.5 Å². The summed E-state index contributed by atoms with van der Waals surface area (Å²) >= 11 is 4.72. The van der Waals surface area contributed by atoms with E-state index in [-0.39, 0.29) is 6.09 Å². The number of methoxy groups -OCH3 is 2. The number of hydrogen-bond donors (Lipinski definition) is 2. The van der Waals surface area contributed by atoms with E-state index in [2.05, 4.69) is 16.1 Å². The van der Waals surface area contributed by atoms with Gasteiger partial charge in [0.1, 0.15) is 11.5 Å². The van der Waals surface area contributed by atoms with Gasteiger partial charge >= 0.3 is 11.5 Å². The van der Waals surface area contributed by atoms with E-state index < -0.39 is 5.43 Å². The number of carbonyl (C=O) groups is 2. The van der Waals surface area contributed by atoms with E-state index in [9.17, 15) is 9.59 Å². The number of nitrogens with one attached hydrogen (secondary N) is 1. The fraction of sp³-hybridized carbons (Fsp3) is 0.417. The molecule has 2 aromatic rings. The average Bonchev–Trinajstić information content (AvgIpc) is 2.80. The molecule has 0 spiro atoms. The van der Waals surface area contributed by atoms with Gasteiger partial charge in [0.05, 0.1) is 27.4 Å². The summed E-state index contributed by atoms with van der Waals surface area (Å²) in [6.45, 7) is 5.47. The van der Waals surface area contributed by atoms with Crippen molar-refractivity contribution < 1.29 is 28.5 Å².